The van der Waals surface area contributed by atoms with E-state index in [9.17, 15) is 4.79 Å². The molecule has 3 N–H and O–H groups in total. The molecule has 1 heterocycles. The van der Waals surface area contributed by atoms with Crippen molar-refractivity contribution in [2.24, 2.45) is 5.73 Å². The molecular weight excluding hydrogens is 369 g/mol. The third kappa shape index (κ3) is 4.98. The number of nitrogens with one attached hydrogen (secondary N) is 1. The smallest absolute Gasteiger partial charge is 0.234 e. The number of carbonyl (C=O) groups excluding carboxylic acids is 1. The zero-order valence-electron chi connectivity index (χ0n) is 14.8. The van der Waals surface area contributed by atoms with Crippen LogP contribution in [0.4, 0.5) is 0 Å². The van der Waals surface area contributed by atoms with Gasteiger partial charge in [-0.05, 0) is 24.1 Å². The zero-order chi connectivity index (χ0) is 17.8. The third-order valence-corrected chi connectivity index (χ3v) is 5.13. The maximum atomic E-state index is 12.4. The van der Waals surface area contributed by atoms with Crippen LogP contribution in [-0.2, 0) is 4.79 Å². The molecule has 1 aliphatic rings. The van der Waals surface area contributed by atoms with Crippen molar-refractivity contribution in [2.75, 3.05) is 19.6 Å². The van der Waals surface area contributed by atoms with E-state index in [0.29, 0.717) is 11.6 Å². The Hall–Kier alpha value is -1.59. The van der Waals surface area contributed by atoms with Gasteiger partial charge in [0.25, 0.3) is 0 Å². The Balaban J connectivity index is 0.00000243. The summed E-state index contributed by atoms with van der Waals surface area (Å²) in [6, 6.07) is 17.8. The zero-order valence-corrected chi connectivity index (χ0v) is 16.3. The second kappa shape index (κ2) is 9.38. The molecule has 4 nitrogen and oxygen atoms in total. The van der Waals surface area contributed by atoms with Gasteiger partial charge < -0.3 is 11.1 Å². The number of amides is 1. The normalized spacial score (nSPS) is 21.0. The molecular formula is C20H25Cl2N3O. The topological polar surface area (TPSA) is 58.4 Å². The number of nitrogens with zero attached hydrogens (tertiary/aromatic N) is 1. The molecule has 0 bridgehead atoms. The fraction of sp³-hybridized carbons (Fsp3) is 0.350. The second-order valence-electron chi connectivity index (χ2n) is 6.69. The molecule has 26 heavy (non-hydrogen) atoms. The van der Waals surface area contributed by atoms with Gasteiger partial charge >= 0.3 is 0 Å². The Kier molecular flexibility index (Phi) is 7.47. The molecule has 140 valence electrons. The quantitative estimate of drug-likeness (QED) is 0.818. The number of benzene rings is 2. The molecule has 6 heteroatoms. The number of hydrogen-bond donors (Lipinski definition) is 2. The molecule has 2 aromatic carbocycles. The first-order valence-corrected chi connectivity index (χ1v) is 8.99. The molecule has 0 radical (unpaired) electrons. The summed E-state index contributed by atoms with van der Waals surface area (Å²) in [5.41, 5.74) is 8.47. The van der Waals surface area contributed by atoms with Gasteiger partial charge in [0.2, 0.25) is 5.91 Å². The minimum absolute atomic E-state index is 0. The van der Waals surface area contributed by atoms with Crippen LogP contribution in [-0.4, -0.2) is 36.5 Å². The van der Waals surface area contributed by atoms with Gasteiger partial charge in [-0.25, -0.2) is 0 Å². The highest BCUT2D eigenvalue weighted by Crippen LogP contribution is 2.26. The van der Waals surface area contributed by atoms with E-state index in [1.54, 1.807) is 0 Å². The van der Waals surface area contributed by atoms with Crippen molar-refractivity contribution in [2.45, 2.75) is 24.9 Å². The Morgan fingerprint density at radius 2 is 1.85 bits per heavy atom. The second-order valence-corrected chi connectivity index (χ2v) is 7.09. The van der Waals surface area contributed by atoms with Crippen molar-refractivity contribution in [3.63, 3.8) is 0 Å². The van der Waals surface area contributed by atoms with Gasteiger partial charge in [-0.3, -0.25) is 9.69 Å². The van der Waals surface area contributed by atoms with Crippen molar-refractivity contribution in [1.82, 2.24) is 10.2 Å². The van der Waals surface area contributed by atoms with Crippen LogP contribution in [0.2, 0.25) is 5.02 Å². The molecule has 1 amide bonds. The standard InChI is InChI=1S/C20H24ClN3O.ClH/c1-14(16-9-5-6-10-18(16)21)23-20(25)13-24-11-17(19(22)12-24)15-7-3-2-4-8-15;/h2-10,14,17,19H,11-13,22H2,1H3,(H,23,25);1H/t14?,17-,19+;/m0./s1. The first-order valence-electron chi connectivity index (χ1n) is 8.61. The first-order chi connectivity index (χ1) is 12.0. The number of likely N-dealkylation sites (tertiary alicyclic amines) is 1. The molecule has 3 rings (SSSR count). The molecule has 2 aromatic rings. The number of nitrogens with two attached hydrogens (primary N) is 1. The van der Waals surface area contributed by atoms with Gasteiger partial charge in [-0.2, -0.15) is 0 Å². The van der Waals surface area contributed by atoms with Crippen LogP contribution in [0.15, 0.2) is 54.6 Å². The van der Waals surface area contributed by atoms with Crippen LogP contribution in [0.3, 0.4) is 0 Å². The summed E-state index contributed by atoms with van der Waals surface area (Å²) in [4.78, 5) is 14.5. The van der Waals surface area contributed by atoms with E-state index < -0.39 is 0 Å². The van der Waals surface area contributed by atoms with Gasteiger partial charge in [0.05, 0.1) is 12.6 Å². The lowest BCUT2D eigenvalue weighted by atomic mass is 9.95. The van der Waals surface area contributed by atoms with E-state index >= 15 is 0 Å². The maximum absolute atomic E-state index is 12.4. The lowest BCUT2D eigenvalue weighted by Gasteiger charge is -2.19. The average Bonchev–Trinajstić information content (AvgIpc) is 2.96. The van der Waals surface area contributed by atoms with Gasteiger partial charge in [0.1, 0.15) is 0 Å². The highest BCUT2D eigenvalue weighted by atomic mass is 35.5. The molecule has 0 saturated carbocycles. The highest BCUT2D eigenvalue weighted by Gasteiger charge is 2.32. The van der Waals surface area contributed by atoms with Crippen molar-refractivity contribution < 1.29 is 4.79 Å². The Labute approximate surface area is 166 Å². The summed E-state index contributed by atoms with van der Waals surface area (Å²) < 4.78 is 0. The first kappa shape index (κ1) is 20.7. The number of carbonyl (C=O) groups is 1. The summed E-state index contributed by atoms with van der Waals surface area (Å²) in [5, 5.41) is 3.70. The Bertz CT molecular complexity index is 726. The molecule has 1 aliphatic heterocycles. The summed E-state index contributed by atoms with van der Waals surface area (Å²) >= 11 is 6.20. The third-order valence-electron chi connectivity index (χ3n) is 4.78. The summed E-state index contributed by atoms with van der Waals surface area (Å²) in [5.74, 6) is 0.267. The Morgan fingerprint density at radius 1 is 1.19 bits per heavy atom. The largest absolute Gasteiger partial charge is 0.348 e. The van der Waals surface area contributed by atoms with Gasteiger partial charge in [0.15, 0.2) is 0 Å². The molecule has 0 spiro atoms. The minimum Gasteiger partial charge on any atom is -0.348 e. The number of rotatable bonds is 5. The van der Waals surface area contributed by atoms with E-state index in [2.05, 4.69) is 22.3 Å². The van der Waals surface area contributed by atoms with Crippen LogP contribution in [0.25, 0.3) is 0 Å². The van der Waals surface area contributed by atoms with Crippen LogP contribution in [0.1, 0.15) is 30.0 Å². The van der Waals surface area contributed by atoms with E-state index in [-0.39, 0.29) is 36.3 Å². The highest BCUT2D eigenvalue weighted by molar-refractivity contribution is 6.31. The van der Waals surface area contributed by atoms with Gasteiger partial charge in [-0.1, -0.05) is 60.1 Å². The van der Waals surface area contributed by atoms with Crippen LogP contribution >= 0.6 is 24.0 Å². The molecule has 1 saturated heterocycles. The summed E-state index contributed by atoms with van der Waals surface area (Å²) in [7, 11) is 0. The SMILES string of the molecule is CC(NC(=O)CN1C[C@@H](N)[C@H](c2ccccc2)C1)c1ccccc1Cl.Cl. The minimum atomic E-state index is -0.123. The van der Waals surface area contributed by atoms with Gasteiger partial charge in [-0.15, -0.1) is 12.4 Å². The van der Waals surface area contributed by atoms with Crippen LogP contribution in [0.5, 0.6) is 0 Å². The van der Waals surface area contributed by atoms with Crippen molar-refractivity contribution in [3.05, 3.63) is 70.7 Å². The van der Waals surface area contributed by atoms with E-state index in [4.69, 9.17) is 17.3 Å². The lowest BCUT2D eigenvalue weighted by molar-refractivity contribution is -0.122. The lowest BCUT2D eigenvalue weighted by Crippen LogP contribution is -2.38. The maximum Gasteiger partial charge on any atom is 0.234 e. The molecule has 0 aliphatic carbocycles. The van der Waals surface area contributed by atoms with Gasteiger partial charge in [0, 0.05) is 30.1 Å². The van der Waals surface area contributed by atoms with Crippen molar-refractivity contribution in [1.29, 1.82) is 0 Å². The molecule has 0 aromatic heterocycles. The molecule has 1 unspecified atom stereocenters. The van der Waals surface area contributed by atoms with Crippen molar-refractivity contribution >= 4 is 29.9 Å². The van der Waals surface area contributed by atoms with Crippen LogP contribution in [0, 0.1) is 0 Å². The molecule has 1 fully saturated rings. The van der Waals surface area contributed by atoms with Crippen molar-refractivity contribution in [3.8, 4) is 0 Å². The predicted molar refractivity (Wildman–Crippen MR) is 109 cm³/mol. The predicted octanol–water partition coefficient (Wildman–Crippen LogP) is 3.37. The van der Waals surface area contributed by atoms with E-state index in [1.165, 1.54) is 5.56 Å². The Morgan fingerprint density at radius 3 is 2.54 bits per heavy atom. The summed E-state index contributed by atoms with van der Waals surface area (Å²) in [6.45, 7) is 3.83. The van der Waals surface area contributed by atoms with E-state index in [1.807, 2.05) is 49.4 Å². The van der Waals surface area contributed by atoms with Crippen LogP contribution < -0.4 is 11.1 Å². The number of hydrogen-bond acceptors (Lipinski definition) is 3. The summed E-state index contributed by atoms with van der Waals surface area (Å²) in [6.07, 6.45) is 0. The fourth-order valence-electron chi connectivity index (χ4n) is 3.49. The monoisotopic (exact) mass is 393 g/mol. The molecule has 3 atom stereocenters. The average molecular weight is 394 g/mol. The number of halogens is 2. The fourth-order valence-corrected chi connectivity index (χ4v) is 3.79. The van der Waals surface area contributed by atoms with E-state index in [0.717, 1.165) is 18.7 Å².